The minimum Gasteiger partial charge on any atom is -0.449 e. The Morgan fingerprint density at radius 2 is 1.66 bits per heavy atom. The van der Waals surface area contributed by atoms with Gasteiger partial charge in [-0.2, -0.15) is 0 Å². The molecular formula is C24H30N2O3. The molecule has 2 aromatic rings. The molecule has 2 aromatic carbocycles. The van der Waals surface area contributed by atoms with Crippen LogP contribution in [-0.2, 0) is 4.74 Å². The van der Waals surface area contributed by atoms with Crippen molar-refractivity contribution >= 4 is 23.4 Å². The Kier molecular flexibility index (Phi) is 5.96. The van der Waals surface area contributed by atoms with Gasteiger partial charge in [-0.05, 0) is 81.5 Å². The summed E-state index contributed by atoms with van der Waals surface area (Å²) in [6, 6.07) is 9.67. The van der Waals surface area contributed by atoms with Crippen LogP contribution in [0.3, 0.4) is 0 Å². The first-order valence-electron chi connectivity index (χ1n) is 10.2. The number of benzene rings is 2. The van der Waals surface area contributed by atoms with Crippen molar-refractivity contribution in [3.63, 3.8) is 0 Å². The zero-order valence-electron chi connectivity index (χ0n) is 18.2. The van der Waals surface area contributed by atoms with Crippen LogP contribution < -0.4 is 9.80 Å². The number of fused-ring (bicyclic) bond motifs is 1. The summed E-state index contributed by atoms with van der Waals surface area (Å²) in [5.74, 6) is -0.0299. The molecule has 3 rings (SSSR count). The maximum absolute atomic E-state index is 13.6. The average molecular weight is 395 g/mol. The van der Waals surface area contributed by atoms with E-state index in [9.17, 15) is 9.59 Å². The first-order chi connectivity index (χ1) is 13.8. The monoisotopic (exact) mass is 394 g/mol. The van der Waals surface area contributed by atoms with Gasteiger partial charge in [0, 0.05) is 12.1 Å². The van der Waals surface area contributed by atoms with Crippen LogP contribution in [0, 0.1) is 27.7 Å². The van der Waals surface area contributed by atoms with Crippen LogP contribution in [0.4, 0.5) is 16.2 Å². The van der Waals surface area contributed by atoms with E-state index in [1.807, 2.05) is 69.9 Å². The molecule has 29 heavy (non-hydrogen) atoms. The maximum Gasteiger partial charge on any atom is 0.414 e. The summed E-state index contributed by atoms with van der Waals surface area (Å²) in [5, 5.41) is 0. The number of anilines is 2. The third kappa shape index (κ3) is 3.74. The molecule has 154 valence electrons. The van der Waals surface area contributed by atoms with Gasteiger partial charge in [-0.25, -0.2) is 4.79 Å². The predicted molar refractivity (Wildman–Crippen MR) is 117 cm³/mol. The van der Waals surface area contributed by atoms with Crippen molar-refractivity contribution in [3.05, 3.63) is 58.1 Å². The highest BCUT2D eigenvalue weighted by atomic mass is 16.6. The lowest BCUT2D eigenvalue weighted by Crippen LogP contribution is -2.53. The molecule has 0 aromatic heterocycles. The van der Waals surface area contributed by atoms with Crippen LogP contribution in [0.2, 0.25) is 0 Å². The summed E-state index contributed by atoms with van der Waals surface area (Å²) in [6.45, 7) is 12.6. The largest absolute Gasteiger partial charge is 0.449 e. The van der Waals surface area contributed by atoms with E-state index in [4.69, 9.17) is 4.74 Å². The van der Waals surface area contributed by atoms with Gasteiger partial charge in [0.25, 0.3) is 5.91 Å². The van der Waals surface area contributed by atoms with E-state index in [0.29, 0.717) is 18.7 Å². The topological polar surface area (TPSA) is 49.9 Å². The van der Waals surface area contributed by atoms with Gasteiger partial charge in [-0.1, -0.05) is 19.1 Å². The first-order valence-corrected chi connectivity index (χ1v) is 10.2. The molecule has 5 heteroatoms. The number of rotatable bonds is 3. The second kappa shape index (κ2) is 8.27. The van der Waals surface area contributed by atoms with Crippen molar-refractivity contribution in [1.82, 2.24) is 0 Å². The Hall–Kier alpha value is -2.82. The van der Waals surface area contributed by atoms with Crippen molar-refractivity contribution in [2.45, 2.75) is 54.0 Å². The first kappa shape index (κ1) is 20.9. The number of carbonyl (C=O) groups is 2. The molecule has 1 atom stereocenters. The molecule has 0 radical (unpaired) electrons. The lowest BCUT2D eigenvalue weighted by atomic mass is 9.98. The molecule has 0 bridgehead atoms. The Labute approximate surface area is 173 Å². The van der Waals surface area contributed by atoms with Crippen molar-refractivity contribution in [2.24, 2.45) is 0 Å². The standard InChI is InChI=1S/C24H30N2O3/c1-7-19-14-25(23(27)20-11-9-10-15(3)18(20)6)21-12-16(4)17(5)13-22(21)26(19)24(28)29-8-2/h9-13,19H,7-8,14H2,1-6H3. The number of nitrogens with zero attached hydrogens (tertiary/aromatic N) is 2. The van der Waals surface area contributed by atoms with E-state index >= 15 is 0 Å². The summed E-state index contributed by atoms with van der Waals surface area (Å²) in [4.78, 5) is 29.9. The molecule has 0 aliphatic carbocycles. The van der Waals surface area contributed by atoms with Crippen molar-refractivity contribution < 1.29 is 14.3 Å². The summed E-state index contributed by atoms with van der Waals surface area (Å²) >= 11 is 0. The maximum atomic E-state index is 13.6. The Morgan fingerprint density at radius 3 is 2.28 bits per heavy atom. The third-order valence-corrected chi connectivity index (χ3v) is 5.92. The van der Waals surface area contributed by atoms with E-state index in [1.54, 1.807) is 11.8 Å². The van der Waals surface area contributed by atoms with Crippen LogP contribution in [0.25, 0.3) is 0 Å². The molecular weight excluding hydrogens is 364 g/mol. The van der Waals surface area contributed by atoms with Crippen LogP contribution in [-0.4, -0.2) is 31.2 Å². The van der Waals surface area contributed by atoms with Crippen LogP contribution in [0.15, 0.2) is 30.3 Å². The van der Waals surface area contributed by atoms with Gasteiger partial charge < -0.3 is 9.64 Å². The van der Waals surface area contributed by atoms with E-state index in [2.05, 4.69) is 0 Å². The highest BCUT2D eigenvalue weighted by Crippen LogP contribution is 2.40. The molecule has 2 amide bonds. The highest BCUT2D eigenvalue weighted by Gasteiger charge is 2.38. The molecule has 0 saturated carbocycles. The van der Waals surface area contributed by atoms with Gasteiger partial charge in [0.1, 0.15) is 0 Å². The van der Waals surface area contributed by atoms with Gasteiger partial charge in [-0.3, -0.25) is 9.69 Å². The number of ether oxygens (including phenoxy) is 1. The van der Waals surface area contributed by atoms with Gasteiger partial charge in [0.2, 0.25) is 0 Å². The molecule has 5 nitrogen and oxygen atoms in total. The second-order valence-corrected chi connectivity index (χ2v) is 7.72. The smallest absolute Gasteiger partial charge is 0.414 e. The summed E-state index contributed by atoms with van der Waals surface area (Å²) in [7, 11) is 0. The number of aryl methyl sites for hydroxylation is 3. The van der Waals surface area contributed by atoms with E-state index < -0.39 is 0 Å². The fraction of sp³-hybridized carbons (Fsp3) is 0.417. The molecule has 1 aliphatic heterocycles. The van der Waals surface area contributed by atoms with Crippen molar-refractivity contribution in [2.75, 3.05) is 23.0 Å². The number of carbonyl (C=O) groups excluding carboxylic acids is 2. The molecule has 0 fully saturated rings. The van der Waals surface area contributed by atoms with Crippen molar-refractivity contribution in [1.29, 1.82) is 0 Å². The molecule has 1 unspecified atom stereocenters. The molecule has 0 saturated heterocycles. The number of amides is 2. The Bertz CT molecular complexity index is 951. The SMILES string of the molecule is CCOC(=O)N1c2cc(C)c(C)cc2N(C(=O)c2cccc(C)c2C)CC1CC. The normalized spacial score (nSPS) is 15.9. The van der Waals surface area contributed by atoms with E-state index in [-0.39, 0.29) is 18.0 Å². The number of hydrogen-bond acceptors (Lipinski definition) is 3. The summed E-state index contributed by atoms with van der Waals surface area (Å²) in [6.07, 6.45) is 0.365. The zero-order chi connectivity index (χ0) is 21.3. The Balaban J connectivity index is 2.15. The van der Waals surface area contributed by atoms with Gasteiger partial charge in [0.15, 0.2) is 0 Å². The molecule has 1 heterocycles. The number of hydrogen-bond donors (Lipinski definition) is 0. The molecule has 1 aliphatic rings. The predicted octanol–water partition coefficient (Wildman–Crippen LogP) is 5.32. The van der Waals surface area contributed by atoms with Crippen LogP contribution in [0.5, 0.6) is 0 Å². The minimum absolute atomic E-state index is 0.0299. The minimum atomic E-state index is -0.359. The van der Waals surface area contributed by atoms with Crippen molar-refractivity contribution in [3.8, 4) is 0 Å². The van der Waals surface area contributed by atoms with Gasteiger partial charge in [-0.15, -0.1) is 0 Å². The van der Waals surface area contributed by atoms with Crippen LogP contribution in [0.1, 0.15) is 52.9 Å². The quantitative estimate of drug-likeness (QED) is 0.708. The Morgan fingerprint density at radius 1 is 1.00 bits per heavy atom. The summed E-state index contributed by atoms with van der Waals surface area (Å²) < 4.78 is 5.34. The third-order valence-electron chi connectivity index (χ3n) is 5.92. The zero-order valence-corrected chi connectivity index (χ0v) is 18.2. The van der Waals surface area contributed by atoms with E-state index in [0.717, 1.165) is 40.0 Å². The second-order valence-electron chi connectivity index (χ2n) is 7.72. The fourth-order valence-electron chi connectivity index (χ4n) is 3.85. The lowest BCUT2D eigenvalue weighted by Gasteiger charge is -2.42. The fourth-order valence-corrected chi connectivity index (χ4v) is 3.85. The lowest BCUT2D eigenvalue weighted by molar-refractivity contribution is 0.0981. The molecule has 0 N–H and O–H groups in total. The van der Waals surface area contributed by atoms with Crippen LogP contribution >= 0.6 is 0 Å². The molecule has 0 spiro atoms. The average Bonchev–Trinajstić information content (AvgIpc) is 2.69. The van der Waals surface area contributed by atoms with Gasteiger partial charge in [0.05, 0.1) is 24.0 Å². The van der Waals surface area contributed by atoms with Gasteiger partial charge >= 0.3 is 6.09 Å². The highest BCUT2D eigenvalue weighted by molar-refractivity contribution is 6.11. The van der Waals surface area contributed by atoms with E-state index in [1.165, 1.54) is 0 Å². The summed E-state index contributed by atoms with van der Waals surface area (Å²) in [5.41, 5.74) is 6.45.